The lowest BCUT2D eigenvalue weighted by molar-refractivity contribution is -0.107. The monoisotopic (exact) mass is 336 g/mol. The molecule has 0 saturated heterocycles. The summed E-state index contributed by atoms with van der Waals surface area (Å²) in [4.78, 5) is 10.2. The molecule has 0 saturated carbocycles. The van der Waals surface area contributed by atoms with Gasteiger partial charge in [-0.3, -0.25) is 0 Å². The van der Waals surface area contributed by atoms with Gasteiger partial charge in [-0.05, 0) is 36.6 Å². The van der Waals surface area contributed by atoms with Gasteiger partial charge in [0, 0.05) is 22.5 Å². The molecule has 0 radical (unpaired) electrons. The first-order valence-corrected chi connectivity index (χ1v) is 6.06. The molecule has 0 heterocycles. The number of aliphatic hydroxyl groups excluding tert-OH is 1. The van der Waals surface area contributed by atoms with Gasteiger partial charge in [0.25, 0.3) is 0 Å². The van der Waals surface area contributed by atoms with Gasteiger partial charge in [-0.15, -0.1) is 0 Å². The highest BCUT2D eigenvalue weighted by molar-refractivity contribution is 9.11. The molecule has 1 aromatic rings. The molecular weight excluding hydrogens is 324 g/mol. The van der Waals surface area contributed by atoms with E-state index >= 15 is 0 Å². The maximum atomic E-state index is 10.2. The molecule has 1 rings (SSSR count). The fraction of sp³-hybridized carbons (Fsp3) is 0.364. The van der Waals surface area contributed by atoms with Crippen molar-refractivity contribution in [3.05, 3.63) is 32.2 Å². The summed E-state index contributed by atoms with van der Waals surface area (Å²) in [6, 6.07) is 4.12. The Balaban J connectivity index is 0.000000921. The second-order valence-corrected chi connectivity index (χ2v) is 4.62. The lowest BCUT2D eigenvalue weighted by Crippen LogP contribution is -1.91. The summed E-state index contributed by atoms with van der Waals surface area (Å²) in [5.41, 5.74) is 2.37. The van der Waals surface area contributed by atoms with Gasteiger partial charge in [0.05, 0.1) is 0 Å². The number of aldehydes is 1. The van der Waals surface area contributed by atoms with Gasteiger partial charge in [0.2, 0.25) is 0 Å². The lowest BCUT2D eigenvalue weighted by Gasteiger charge is -2.06. The molecule has 0 spiro atoms. The van der Waals surface area contributed by atoms with Crippen LogP contribution < -0.4 is 0 Å². The minimum absolute atomic E-state index is 0.570. The molecule has 0 unspecified atom stereocenters. The van der Waals surface area contributed by atoms with E-state index in [2.05, 4.69) is 44.0 Å². The van der Waals surface area contributed by atoms with E-state index in [1.54, 1.807) is 0 Å². The maximum Gasteiger partial charge on any atom is 0.120 e. The first kappa shape index (κ1) is 14.8. The predicted octanol–water partition coefficient (Wildman–Crippen LogP) is 3.26. The van der Waals surface area contributed by atoms with E-state index in [1.165, 1.54) is 5.56 Å². The molecule has 2 nitrogen and oxygen atoms in total. The number of aliphatic hydroxyl groups is 1. The molecule has 4 heteroatoms. The minimum atomic E-state index is 0.570. The van der Waals surface area contributed by atoms with Crippen molar-refractivity contribution in [1.29, 1.82) is 0 Å². The van der Waals surface area contributed by atoms with Crippen LogP contribution in [-0.2, 0) is 11.2 Å². The molecule has 0 bridgehead atoms. The highest BCUT2D eigenvalue weighted by Gasteiger charge is 2.05. The van der Waals surface area contributed by atoms with Crippen LogP contribution in [0.3, 0.4) is 0 Å². The van der Waals surface area contributed by atoms with E-state index in [0.717, 1.165) is 34.3 Å². The van der Waals surface area contributed by atoms with Crippen LogP contribution in [0.4, 0.5) is 0 Å². The van der Waals surface area contributed by atoms with E-state index in [1.807, 2.05) is 6.92 Å². The number of carbonyl (C=O) groups excluding carboxylic acids is 1. The van der Waals surface area contributed by atoms with Gasteiger partial charge in [-0.25, -0.2) is 0 Å². The number of aryl methyl sites for hydroxylation is 1. The minimum Gasteiger partial charge on any atom is -0.400 e. The molecular formula is C11H14Br2O2. The van der Waals surface area contributed by atoms with Crippen molar-refractivity contribution in [1.82, 2.24) is 0 Å². The Labute approximate surface area is 107 Å². The summed E-state index contributed by atoms with van der Waals surface area (Å²) in [6.45, 7) is 2.04. The molecule has 0 atom stereocenters. The van der Waals surface area contributed by atoms with Crippen molar-refractivity contribution < 1.29 is 9.90 Å². The zero-order chi connectivity index (χ0) is 11.8. The Morgan fingerprint density at radius 1 is 1.27 bits per heavy atom. The average molecular weight is 338 g/mol. The Kier molecular flexibility index (Phi) is 7.92. The van der Waals surface area contributed by atoms with Gasteiger partial charge in [-0.2, -0.15) is 0 Å². The summed E-state index contributed by atoms with van der Waals surface area (Å²) in [5, 5.41) is 7.00. The third-order valence-corrected chi connectivity index (χ3v) is 3.21. The van der Waals surface area contributed by atoms with Crippen molar-refractivity contribution in [2.75, 3.05) is 7.11 Å². The topological polar surface area (TPSA) is 37.3 Å². The van der Waals surface area contributed by atoms with E-state index < -0.39 is 0 Å². The molecule has 1 aromatic carbocycles. The van der Waals surface area contributed by atoms with Crippen LogP contribution in [0.15, 0.2) is 21.1 Å². The van der Waals surface area contributed by atoms with Gasteiger partial charge in [0.15, 0.2) is 0 Å². The fourth-order valence-corrected chi connectivity index (χ4v) is 2.98. The molecule has 0 aromatic heterocycles. The van der Waals surface area contributed by atoms with E-state index in [-0.39, 0.29) is 0 Å². The van der Waals surface area contributed by atoms with E-state index in [9.17, 15) is 4.79 Å². The molecule has 0 fully saturated rings. The van der Waals surface area contributed by atoms with Crippen LogP contribution in [0.5, 0.6) is 0 Å². The first-order chi connectivity index (χ1) is 7.15. The zero-order valence-electron chi connectivity index (χ0n) is 8.76. The summed E-state index contributed by atoms with van der Waals surface area (Å²) in [6.07, 6.45) is 2.30. The predicted molar refractivity (Wildman–Crippen MR) is 69.1 cm³/mol. The van der Waals surface area contributed by atoms with Crippen LogP contribution in [0.1, 0.15) is 17.5 Å². The Bertz CT molecular complexity index is 301. The number of halogens is 2. The van der Waals surface area contributed by atoms with Gasteiger partial charge in [-0.1, -0.05) is 31.9 Å². The summed E-state index contributed by atoms with van der Waals surface area (Å²) in [7, 11) is 1.00. The second-order valence-electron chi connectivity index (χ2n) is 2.91. The van der Waals surface area contributed by atoms with Crippen LogP contribution in [-0.4, -0.2) is 18.5 Å². The summed E-state index contributed by atoms with van der Waals surface area (Å²) < 4.78 is 2.14. The van der Waals surface area contributed by atoms with Crippen LogP contribution >= 0.6 is 31.9 Å². The standard InChI is InChI=1S/C10H10Br2O.CH4O/c1-7-5-9(11)8(3-2-4-13)10(12)6-7;1-2/h4-6H,2-3H2,1H3;2H,1H3. The number of hydrogen-bond acceptors (Lipinski definition) is 2. The molecule has 1 N–H and O–H groups in total. The average Bonchev–Trinajstić information content (AvgIpc) is 2.19. The van der Waals surface area contributed by atoms with Crippen molar-refractivity contribution in [3.8, 4) is 0 Å². The lowest BCUT2D eigenvalue weighted by atomic mass is 10.1. The maximum absolute atomic E-state index is 10.2. The van der Waals surface area contributed by atoms with Crippen molar-refractivity contribution in [2.45, 2.75) is 19.8 Å². The summed E-state index contributed by atoms with van der Waals surface area (Å²) in [5.74, 6) is 0. The third-order valence-electron chi connectivity index (χ3n) is 1.80. The largest absolute Gasteiger partial charge is 0.400 e. The Morgan fingerprint density at radius 3 is 2.13 bits per heavy atom. The number of carbonyl (C=O) groups is 1. The van der Waals surface area contributed by atoms with Crippen molar-refractivity contribution in [3.63, 3.8) is 0 Å². The third kappa shape index (κ3) is 4.91. The highest BCUT2D eigenvalue weighted by atomic mass is 79.9. The Hall–Kier alpha value is -0.190. The van der Waals surface area contributed by atoms with Gasteiger partial charge >= 0.3 is 0 Å². The van der Waals surface area contributed by atoms with Gasteiger partial charge < -0.3 is 9.90 Å². The van der Waals surface area contributed by atoms with Crippen molar-refractivity contribution in [2.24, 2.45) is 0 Å². The highest BCUT2D eigenvalue weighted by Crippen LogP contribution is 2.27. The zero-order valence-corrected chi connectivity index (χ0v) is 11.9. The molecule has 0 amide bonds. The van der Waals surface area contributed by atoms with Gasteiger partial charge in [0.1, 0.15) is 6.29 Å². The van der Waals surface area contributed by atoms with E-state index in [4.69, 9.17) is 5.11 Å². The molecule has 0 aliphatic carbocycles. The number of rotatable bonds is 3. The Morgan fingerprint density at radius 2 is 1.73 bits per heavy atom. The van der Waals surface area contributed by atoms with Crippen LogP contribution in [0.2, 0.25) is 0 Å². The molecule has 0 aliphatic heterocycles. The second kappa shape index (κ2) is 8.02. The van der Waals surface area contributed by atoms with Crippen molar-refractivity contribution >= 4 is 38.1 Å². The molecule has 15 heavy (non-hydrogen) atoms. The smallest absolute Gasteiger partial charge is 0.120 e. The molecule has 0 aliphatic rings. The molecule has 84 valence electrons. The SMILES string of the molecule is CO.Cc1cc(Br)c(CCC=O)c(Br)c1. The number of hydrogen-bond donors (Lipinski definition) is 1. The normalized spacial score (nSPS) is 9.13. The first-order valence-electron chi connectivity index (χ1n) is 4.48. The van der Waals surface area contributed by atoms with Crippen LogP contribution in [0.25, 0.3) is 0 Å². The van der Waals surface area contributed by atoms with Crippen LogP contribution in [0, 0.1) is 6.92 Å². The number of benzene rings is 1. The van der Waals surface area contributed by atoms with E-state index in [0.29, 0.717) is 6.42 Å². The fourth-order valence-electron chi connectivity index (χ4n) is 1.17. The quantitative estimate of drug-likeness (QED) is 0.859. The summed E-state index contributed by atoms with van der Waals surface area (Å²) >= 11 is 6.96.